The molecule has 4 nitrogen and oxygen atoms in total. The van der Waals surface area contributed by atoms with E-state index in [1.54, 1.807) is 0 Å². The van der Waals surface area contributed by atoms with Crippen LogP contribution < -0.4 is 5.32 Å². The highest BCUT2D eigenvalue weighted by atomic mass is 32.2. The van der Waals surface area contributed by atoms with E-state index in [9.17, 15) is 26.4 Å². The molecule has 0 bridgehead atoms. The quantitative estimate of drug-likeness (QED) is 0.942. The van der Waals surface area contributed by atoms with Crippen molar-refractivity contribution in [2.24, 2.45) is 0 Å². The predicted octanol–water partition coefficient (Wildman–Crippen LogP) is 2.76. The van der Waals surface area contributed by atoms with E-state index in [0.29, 0.717) is 0 Å². The molecule has 0 aliphatic rings. The molecule has 2 rings (SSSR count). The molecule has 2 aromatic carbocycles. The average Bonchev–Trinajstić information content (AvgIpc) is 2.42. The number of carbonyl (C=O) groups is 1. The minimum absolute atomic E-state index is 0.0193. The third-order valence-corrected chi connectivity index (χ3v) is 3.88. The normalized spacial score (nSPS) is 11.3. The third-order valence-electron chi connectivity index (χ3n) is 2.77. The van der Waals surface area contributed by atoms with Gasteiger partial charge in [0.05, 0.1) is 0 Å². The first-order valence-corrected chi connectivity index (χ1v) is 7.83. The molecule has 0 unspecified atom stereocenters. The molecule has 0 radical (unpaired) electrons. The first kappa shape index (κ1) is 16.0. The van der Waals surface area contributed by atoms with Crippen LogP contribution in [0.2, 0.25) is 0 Å². The number of anilines is 1. The Morgan fingerprint density at radius 3 is 2.18 bits per heavy atom. The molecule has 0 aliphatic heterocycles. The molecule has 0 saturated heterocycles. The van der Waals surface area contributed by atoms with Crippen molar-refractivity contribution in [2.75, 3.05) is 11.6 Å². The highest BCUT2D eigenvalue weighted by Gasteiger charge is 2.17. The van der Waals surface area contributed by atoms with Crippen LogP contribution in [0.1, 0.15) is 10.4 Å². The largest absolute Gasteiger partial charge is 0.322 e. The second kappa shape index (κ2) is 5.80. The standard InChI is InChI=1S/C14H10F3NO3S/c1-22(20,21)13-6-8(2-4-11(13)16)14(19)18-9-3-5-10(15)12(17)7-9/h2-7H,1H3,(H,18,19). The van der Waals surface area contributed by atoms with Crippen molar-refractivity contribution in [3.63, 3.8) is 0 Å². The maximum atomic E-state index is 13.5. The summed E-state index contributed by atoms with van der Waals surface area (Å²) in [4.78, 5) is 11.3. The number of amides is 1. The van der Waals surface area contributed by atoms with Crippen molar-refractivity contribution in [1.29, 1.82) is 0 Å². The Bertz CT molecular complexity index is 850. The molecule has 22 heavy (non-hydrogen) atoms. The first-order valence-electron chi connectivity index (χ1n) is 5.94. The Hall–Kier alpha value is -2.35. The Morgan fingerprint density at radius 1 is 0.955 bits per heavy atom. The van der Waals surface area contributed by atoms with Crippen LogP contribution in [-0.4, -0.2) is 20.6 Å². The number of sulfone groups is 1. The molecular weight excluding hydrogens is 319 g/mol. The second-order valence-corrected chi connectivity index (χ2v) is 6.48. The lowest BCUT2D eigenvalue weighted by Crippen LogP contribution is -2.13. The van der Waals surface area contributed by atoms with E-state index in [2.05, 4.69) is 5.32 Å². The van der Waals surface area contributed by atoms with Crippen LogP contribution in [0.25, 0.3) is 0 Å². The summed E-state index contributed by atoms with van der Waals surface area (Å²) in [5.74, 6) is -3.98. The zero-order valence-corrected chi connectivity index (χ0v) is 12.0. The van der Waals surface area contributed by atoms with Gasteiger partial charge >= 0.3 is 0 Å². The van der Waals surface area contributed by atoms with E-state index in [1.807, 2.05) is 0 Å². The van der Waals surface area contributed by atoms with Gasteiger partial charge in [-0.3, -0.25) is 4.79 Å². The summed E-state index contributed by atoms with van der Waals surface area (Å²) < 4.78 is 62.1. The topological polar surface area (TPSA) is 63.2 Å². The van der Waals surface area contributed by atoms with Crippen LogP contribution in [0.4, 0.5) is 18.9 Å². The highest BCUT2D eigenvalue weighted by Crippen LogP contribution is 2.18. The Labute approximate surface area is 124 Å². The van der Waals surface area contributed by atoms with E-state index in [0.717, 1.165) is 42.7 Å². The van der Waals surface area contributed by atoms with Crippen LogP contribution in [0.5, 0.6) is 0 Å². The smallest absolute Gasteiger partial charge is 0.255 e. The number of hydrogen-bond acceptors (Lipinski definition) is 3. The summed E-state index contributed by atoms with van der Waals surface area (Å²) in [5, 5.41) is 2.26. The molecule has 1 amide bonds. The Balaban J connectivity index is 2.32. The molecule has 8 heteroatoms. The van der Waals surface area contributed by atoms with Crippen molar-refractivity contribution >= 4 is 21.4 Å². The van der Waals surface area contributed by atoms with Crippen molar-refractivity contribution in [2.45, 2.75) is 4.90 Å². The molecular formula is C14H10F3NO3S. The van der Waals surface area contributed by atoms with Gasteiger partial charge in [0.25, 0.3) is 5.91 Å². The van der Waals surface area contributed by atoms with Crippen LogP contribution >= 0.6 is 0 Å². The monoisotopic (exact) mass is 329 g/mol. The number of hydrogen-bond donors (Lipinski definition) is 1. The maximum Gasteiger partial charge on any atom is 0.255 e. The number of nitrogens with one attached hydrogen (secondary N) is 1. The lowest BCUT2D eigenvalue weighted by atomic mass is 10.2. The van der Waals surface area contributed by atoms with Crippen LogP contribution in [0, 0.1) is 17.5 Å². The summed E-state index contributed by atoms with van der Waals surface area (Å²) in [7, 11) is -3.84. The van der Waals surface area contributed by atoms with Gasteiger partial charge in [-0.1, -0.05) is 0 Å². The van der Waals surface area contributed by atoms with E-state index in [1.165, 1.54) is 0 Å². The summed E-state index contributed by atoms with van der Waals surface area (Å²) >= 11 is 0. The van der Waals surface area contributed by atoms with Gasteiger partial charge in [0.15, 0.2) is 21.5 Å². The molecule has 0 spiro atoms. The van der Waals surface area contributed by atoms with Gasteiger partial charge in [-0.05, 0) is 30.3 Å². The minimum Gasteiger partial charge on any atom is -0.322 e. The number of carbonyl (C=O) groups excluding carboxylic acids is 1. The zero-order valence-electron chi connectivity index (χ0n) is 11.2. The van der Waals surface area contributed by atoms with Crippen molar-refractivity contribution < 1.29 is 26.4 Å². The van der Waals surface area contributed by atoms with E-state index in [-0.39, 0.29) is 11.3 Å². The van der Waals surface area contributed by atoms with E-state index >= 15 is 0 Å². The van der Waals surface area contributed by atoms with Gasteiger partial charge in [-0.2, -0.15) is 0 Å². The highest BCUT2D eigenvalue weighted by molar-refractivity contribution is 7.90. The summed E-state index contributed by atoms with van der Waals surface area (Å²) in [5.41, 5.74) is -0.152. The Kier molecular flexibility index (Phi) is 4.23. The van der Waals surface area contributed by atoms with Gasteiger partial charge in [-0.15, -0.1) is 0 Å². The lowest BCUT2D eigenvalue weighted by Gasteiger charge is -2.07. The molecule has 0 aromatic heterocycles. The number of benzene rings is 2. The van der Waals surface area contributed by atoms with Gasteiger partial charge in [0, 0.05) is 23.6 Å². The van der Waals surface area contributed by atoms with Crippen molar-refractivity contribution in [3.05, 3.63) is 59.4 Å². The fourth-order valence-electron chi connectivity index (χ4n) is 1.71. The van der Waals surface area contributed by atoms with E-state index in [4.69, 9.17) is 0 Å². The summed E-state index contributed by atoms with van der Waals surface area (Å²) in [6.45, 7) is 0. The van der Waals surface area contributed by atoms with Crippen molar-refractivity contribution in [3.8, 4) is 0 Å². The van der Waals surface area contributed by atoms with Crippen LogP contribution in [0.15, 0.2) is 41.3 Å². The maximum absolute atomic E-state index is 13.5. The molecule has 0 saturated carbocycles. The molecule has 1 N–H and O–H groups in total. The number of rotatable bonds is 3. The SMILES string of the molecule is CS(=O)(=O)c1cc(C(=O)Nc2ccc(F)c(F)c2)ccc1F. The molecule has 0 heterocycles. The summed E-state index contributed by atoms with van der Waals surface area (Å²) in [6.07, 6.45) is 0.808. The molecule has 2 aromatic rings. The van der Waals surface area contributed by atoms with Gasteiger partial charge in [-0.25, -0.2) is 21.6 Å². The fraction of sp³-hybridized carbons (Fsp3) is 0.0714. The van der Waals surface area contributed by atoms with Crippen LogP contribution in [0.3, 0.4) is 0 Å². The van der Waals surface area contributed by atoms with Crippen molar-refractivity contribution in [1.82, 2.24) is 0 Å². The average molecular weight is 329 g/mol. The van der Waals surface area contributed by atoms with Gasteiger partial charge in [0.2, 0.25) is 0 Å². The van der Waals surface area contributed by atoms with Crippen LogP contribution in [-0.2, 0) is 9.84 Å². The summed E-state index contributed by atoms with van der Waals surface area (Å²) in [6, 6.07) is 5.54. The molecule has 0 fully saturated rings. The first-order chi connectivity index (χ1) is 10.2. The minimum atomic E-state index is -3.84. The molecule has 0 aliphatic carbocycles. The van der Waals surface area contributed by atoms with E-state index < -0.39 is 38.1 Å². The molecule has 116 valence electrons. The Morgan fingerprint density at radius 2 is 1.59 bits per heavy atom. The molecule has 0 atom stereocenters. The third kappa shape index (κ3) is 3.45. The van der Waals surface area contributed by atoms with Gasteiger partial charge in [0.1, 0.15) is 10.7 Å². The zero-order chi connectivity index (χ0) is 16.5. The number of halogens is 3. The predicted molar refractivity (Wildman–Crippen MR) is 73.8 cm³/mol. The lowest BCUT2D eigenvalue weighted by molar-refractivity contribution is 0.102. The van der Waals surface area contributed by atoms with Gasteiger partial charge < -0.3 is 5.32 Å². The second-order valence-electron chi connectivity index (χ2n) is 4.50. The fourth-order valence-corrected chi connectivity index (χ4v) is 2.47.